The zero-order chi connectivity index (χ0) is 15.9. The van der Waals surface area contributed by atoms with E-state index in [4.69, 9.17) is 10.5 Å². The quantitative estimate of drug-likeness (QED) is 0.798. The summed E-state index contributed by atoms with van der Waals surface area (Å²) in [5, 5.41) is 2.84. The van der Waals surface area contributed by atoms with E-state index >= 15 is 0 Å². The molecule has 0 heterocycles. The molecule has 0 saturated carbocycles. The van der Waals surface area contributed by atoms with Crippen LogP contribution in [0.3, 0.4) is 0 Å². The summed E-state index contributed by atoms with van der Waals surface area (Å²) < 4.78 is 5.66. The fourth-order valence-corrected chi connectivity index (χ4v) is 2.24. The van der Waals surface area contributed by atoms with Gasteiger partial charge in [0.05, 0.1) is 6.54 Å². The largest absolute Gasteiger partial charge is 0.492 e. The monoisotopic (exact) mass is 334 g/mol. The van der Waals surface area contributed by atoms with Gasteiger partial charge in [0.1, 0.15) is 12.4 Å². The van der Waals surface area contributed by atoms with Crippen molar-refractivity contribution in [3.63, 3.8) is 0 Å². The van der Waals surface area contributed by atoms with Crippen molar-refractivity contribution in [1.82, 2.24) is 5.32 Å². The molecule has 0 aliphatic carbocycles. The number of ether oxygens (including phenoxy) is 1. The molecule has 0 fully saturated rings. The van der Waals surface area contributed by atoms with Gasteiger partial charge >= 0.3 is 0 Å². The molecule has 23 heavy (non-hydrogen) atoms. The van der Waals surface area contributed by atoms with Crippen molar-refractivity contribution in [3.8, 4) is 5.75 Å². The van der Waals surface area contributed by atoms with Crippen LogP contribution < -0.4 is 15.8 Å². The third-order valence-corrected chi connectivity index (χ3v) is 3.30. The van der Waals surface area contributed by atoms with Gasteiger partial charge in [-0.15, -0.1) is 12.4 Å². The minimum atomic E-state index is -0.104. The summed E-state index contributed by atoms with van der Waals surface area (Å²) >= 11 is 0. The summed E-state index contributed by atoms with van der Waals surface area (Å²) in [6, 6.07) is 13.4. The number of amides is 1. The molecule has 124 valence electrons. The number of carbonyl (C=O) groups excluding carboxylic acids is 1. The Bertz CT molecular complexity index is 622. The zero-order valence-corrected chi connectivity index (χ0v) is 14.3. The number of hydrogen-bond acceptors (Lipinski definition) is 3. The Hall–Kier alpha value is -2.04. The van der Waals surface area contributed by atoms with E-state index in [1.165, 1.54) is 11.1 Å². The number of aryl methyl sites for hydroxylation is 2. The Kier molecular flexibility index (Phi) is 7.59. The molecule has 0 atom stereocenters. The lowest BCUT2D eigenvalue weighted by molar-refractivity contribution is 0.0947. The number of hydrogen-bond donors (Lipinski definition) is 2. The molecular weight excluding hydrogens is 312 g/mol. The van der Waals surface area contributed by atoms with E-state index in [1.807, 2.05) is 38.1 Å². The number of nitrogens with one attached hydrogen (secondary N) is 1. The predicted octanol–water partition coefficient (Wildman–Crippen LogP) is 2.99. The van der Waals surface area contributed by atoms with Crippen molar-refractivity contribution in [1.29, 1.82) is 0 Å². The van der Waals surface area contributed by atoms with Crippen LogP contribution in [-0.4, -0.2) is 19.1 Å². The molecule has 0 bridgehead atoms. The van der Waals surface area contributed by atoms with Crippen LogP contribution in [0.15, 0.2) is 42.5 Å². The van der Waals surface area contributed by atoms with Gasteiger partial charge in [-0.05, 0) is 54.8 Å². The Labute approximate surface area is 143 Å². The predicted molar refractivity (Wildman–Crippen MR) is 95.3 cm³/mol. The number of rotatable bonds is 6. The Balaban J connectivity index is 0.00000264. The SMILES string of the molecule is Cc1cc(C)cc(OCCNC(=O)c2ccc(CN)cc2)c1.Cl. The lowest BCUT2D eigenvalue weighted by Crippen LogP contribution is -2.28. The lowest BCUT2D eigenvalue weighted by Gasteiger charge is -2.09. The van der Waals surface area contributed by atoms with Crippen LogP contribution in [0, 0.1) is 13.8 Å². The number of carbonyl (C=O) groups is 1. The van der Waals surface area contributed by atoms with Crippen LogP contribution in [0.5, 0.6) is 5.75 Å². The van der Waals surface area contributed by atoms with Crippen LogP contribution in [0.1, 0.15) is 27.0 Å². The molecule has 0 aliphatic heterocycles. The van der Waals surface area contributed by atoms with E-state index in [9.17, 15) is 4.79 Å². The summed E-state index contributed by atoms with van der Waals surface area (Å²) in [5.74, 6) is 0.728. The van der Waals surface area contributed by atoms with Gasteiger partial charge in [0.2, 0.25) is 0 Å². The maximum absolute atomic E-state index is 12.0. The summed E-state index contributed by atoms with van der Waals surface area (Å²) in [6.07, 6.45) is 0. The molecule has 1 amide bonds. The summed E-state index contributed by atoms with van der Waals surface area (Å²) in [5.41, 5.74) is 9.50. The maximum Gasteiger partial charge on any atom is 0.251 e. The van der Waals surface area contributed by atoms with Crippen LogP contribution in [0.2, 0.25) is 0 Å². The molecule has 0 spiro atoms. The first-order valence-electron chi connectivity index (χ1n) is 7.37. The molecule has 2 aromatic carbocycles. The highest BCUT2D eigenvalue weighted by Crippen LogP contribution is 2.15. The van der Waals surface area contributed by atoms with Gasteiger partial charge in [-0.3, -0.25) is 4.79 Å². The highest BCUT2D eigenvalue weighted by molar-refractivity contribution is 5.94. The normalized spacial score (nSPS) is 9.87. The second-order valence-electron chi connectivity index (χ2n) is 5.33. The molecule has 0 aliphatic rings. The van der Waals surface area contributed by atoms with Gasteiger partial charge in [-0.1, -0.05) is 18.2 Å². The van der Waals surface area contributed by atoms with E-state index < -0.39 is 0 Å². The third-order valence-electron chi connectivity index (χ3n) is 3.30. The molecule has 4 nitrogen and oxygen atoms in total. The van der Waals surface area contributed by atoms with E-state index in [0.29, 0.717) is 25.3 Å². The Morgan fingerprint density at radius 2 is 1.70 bits per heavy atom. The molecule has 0 aromatic heterocycles. The van der Waals surface area contributed by atoms with Crippen LogP contribution >= 0.6 is 12.4 Å². The van der Waals surface area contributed by atoms with Gasteiger partial charge in [0.15, 0.2) is 0 Å². The smallest absolute Gasteiger partial charge is 0.251 e. The average molecular weight is 335 g/mol. The fraction of sp³-hybridized carbons (Fsp3) is 0.278. The van der Waals surface area contributed by atoms with E-state index in [1.54, 1.807) is 12.1 Å². The van der Waals surface area contributed by atoms with Crippen LogP contribution in [0.4, 0.5) is 0 Å². The fourth-order valence-electron chi connectivity index (χ4n) is 2.24. The first-order valence-corrected chi connectivity index (χ1v) is 7.37. The van der Waals surface area contributed by atoms with Gasteiger partial charge in [-0.25, -0.2) is 0 Å². The van der Waals surface area contributed by atoms with E-state index in [-0.39, 0.29) is 18.3 Å². The van der Waals surface area contributed by atoms with Crippen molar-refractivity contribution in [2.75, 3.05) is 13.2 Å². The molecular formula is C18H23ClN2O2. The summed E-state index contributed by atoms with van der Waals surface area (Å²) in [7, 11) is 0. The molecule has 2 rings (SSSR count). The molecule has 2 aromatic rings. The molecule has 0 unspecified atom stereocenters. The van der Waals surface area contributed by atoms with E-state index in [2.05, 4.69) is 11.4 Å². The van der Waals surface area contributed by atoms with Gasteiger partial charge in [0.25, 0.3) is 5.91 Å². The number of benzene rings is 2. The number of nitrogens with two attached hydrogens (primary N) is 1. The van der Waals surface area contributed by atoms with Crippen molar-refractivity contribution >= 4 is 18.3 Å². The first-order chi connectivity index (χ1) is 10.6. The lowest BCUT2D eigenvalue weighted by atomic mass is 10.1. The van der Waals surface area contributed by atoms with Crippen LogP contribution in [0.25, 0.3) is 0 Å². The van der Waals surface area contributed by atoms with Gasteiger partial charge in [-0.2, -0.15) is 0 Å². The second kappa shape index (κ2) is 9.18. The molecule has 0 saturated heterocycles. The Morgan fingerprint density at radius 1 is 1.09 bits per heavy atom. The van der Waals surface area contributed by atoms with Gasteiger partial charge < -0.3 is 15.8 Å². The van der Waals surface area contributed by atoms with Crippen molar-refractivity contribution in [2.45, 2.75) is 20.4 Å². The molecule has 3 N–H and O–H groups in total. The molecule has 5 heteroatoms. The highest BCUT2D eigenvalue weighted by Gasteiger charge is 2.04. The Morgan fingerprint density at radius 3 is 2.26 bits per heavy atom. The first kappa shape index (κ1) is 19.0. The number of halogens is 1. The average Bonchev–Trinajstić information content (AvgIpc) is 2.50. The van der Waals surface area contributed by atoms with Crippen molar-refractivity contribution in [3.05, 3.63) is 64.7 Å². The summed E-state index contributed by atoms with van der Waals surface area (Å²) in [4.78, 5) is 12.0. The minimum absolute atomic E-state index is 0. The zero-order valence-electron chi connectivity index (χ0n) is 13.5. The van der Waals surface area contributed by atoms with E-state index in [0.717, 1.165) is 11.3 Å². The van der Waals surface area contributed by atoms with Crippen molar-refractivity contribution < 1.29 is 9.53 Å². The molecule has 0 radical (unpaired) electrons. The standard InChI is InChI=1S/C18H22N2O2.ClH/c1-13-9-14(2)11-17(10-13)22-8-7-20-18(21)16-5-3-15(12-19)4-6-16;/h3-6,9-11H,7-8,12,19H2,1-2H3,(H,20,21);1H. The summed E-state index contributed by atoms with van der Waals surface area (Å²) in [6.45, 7) is 5.45. The highest BCUT2D eigenvalue weighted by atomic mass is 35.5. The van der Waals surface area contributed by atoms with Crippen molar-refractivity contribution in [2.24, 2.45) is 5.73 Å². The van der Waals surface area contributed by atoms with Gasteiger partial charge in [0, 0.05) is 12.1 Å². The minimum Gasteiger partial charge on any atom is -0.492 e. The van der Waals surface area contributed by atoms with Crippen LogP contribution in [-0.2, 0) is 6.54 Å². The second-order valence-corrected chi connectivity index (χ2v) is 5.33. The third kappa shape index (κ3) is 5.93. The topological polar surface area (TPSA) is 64.3 Å². The maximum atomic E-state index is 12.0.